The van der Waals surface area contributed by atoms with Gasteiger partial charge in [0.05, 0.1) is 7.11 Å². The number of hydrogen-bond donors (Lipinski definition) is 1. The molecule has 0 amide bonds. The minimum Gasteiger partial charge on any atom is -0.495 e. The first kappa shape index (κ1) is 21.3. The number of sulfonamides is 1. The minimum atomic E-state index is -3.67. The standard InChI is InChI=1S/C21H30N2O3S2/c1-16-12-20(26-3)21(13-17(16)2)28(24,25)22-14-19(18-8-11-27-15-18)23-9-6-4-5-7-10-23/h8,11-13,15,19,22H,4-7,9-10,14H2,1-3H3. The van der Waals surface area contributed by atoms with Gasteiger partial charge in [-0.1, -0.05) is 12.8 Å². The molecule has 1 saturated heterocycles. The quantitative estimate of drug-likeness (QED) is 0.724. The maximum atomic E-state index is 13.1. The lowest BCUT2D eigenvalue weighted by Crippen LogP contribution is -2.38. The molecule has 1 aliphatic heterocycles. The zero-order valence-electron chi connectivity index (χ0n) is 16.9. The van der Waals surface area contributed by atoms with E-state index in [4.69, 9.17) is 4.74 Å². The molecular formula is C21H30N2O3S2. The molecule has 1 atom stereocenters. The summed E-state index contributed by atoms with van der Waals surface area (Å²) in [6.45, 7) is 6.24. The molecule has 28 heavy (non-hydrogen) atoms. The van der Waals surface area contributed by atoms with Crippen molar-refractivity contribution in [3.63, 3.8) is 0 Å². The van der Waals surface area contributed by atoms with E-state index in [9.17, 15) is 8.42 Å². The summed E-state index contributed by atoms with van der Waals surface area (Å²) < 4.78 is 34.4. The third-order valence-electron chi connectivity index (χ3n) is 5.55. The van der Waals surface area contributed by atoms with Crippen LogP contribution in [0, 0.1) is 13.8 Å². The van der Waals surface area contributed by atoms with Crippen LogP contribution >= 0.6 is 11.3 Å². The van der Waals surface area contributed by atoms with Crippen molar-refractivity contribution in [3.05, 3.63) is 45.6 Å². The van der Waals surface area contributed by atoms with Crippen molar-refractivity contribution < 1.29 is 13.2 Å². The van der Waals surface area contributed by atoms with E-state index < -0.39 is 10.0 Å². The highest BCUT2D eigenvalue weighted by molar-refractivity contribution is 7.89. The average molecular weight is 423 g/mol. The van der Waals surface area contributed by atoms with Gasteiger partial charge in [-0.05, 0) is 85.4 Å². The Labute approximate surface area is 172 Å². The lowest BCUT2D eigenvalue weighted by Gasteiger charge is -2.30. The monoisotopic (exact) mass is 422 g/mol. The van der Waals surface area contributed by atoms with Gasteiger partial charge in [0, 0.05) is 12.6 Å². The smallest absolute Gasteiger partial charge is 0.244 e. The van der Waals surface area contributed by atoms with Crippen molar-refractivity contribution in [3.8, 4) is 5.75 Å². The molecule has 2 heterocycles. The van der Waals surface area contributed by atoms with Crippen LogP contribution in [0.25, 0.3) is 0 Å². The van der Waals surface area contributed by atoms with Gasteiger partial charge < -0.3 is 4.74 Å². The molecule has 1 fully saturated rings. The van der Waals surface area contributed by atoms with Gasteiger partial charge in [-0.3, -0.25) is 4.90 Å². The molecule has 1 unspecified atom stereocenters. The van der Waals surface area contributed by atoms with Crippen molar-refractivity contribution in [1.82, 2.24) is 9.62 Å². The Morgan fingerprint density at radius 2 is 1.82 bits per heavy atom. The molecule has 0 aliphatic carbocycles. The average Bonchev–Trinajstić information content (AvgIpc) is 3.06. The van der Waals surface area contributed by atoms with Gasteiger partial charge in [0.1, 0.15) is 10.6 Å². The Morgan fingerprint density at radius 3 is 2.43 bits per heavy atom. The fourth-order valence-electron chi connectivity index (χ4n) is 3.73. The van der Waals surface area contributed by atoms with Gasteiger partial charge in [0.2, 0.25) is 10.0 Å². The SMILES string of the molecule is COc1cc(C)c(C)cc1S(=O)(=O)NCC(c1ccsc1)N1CCCCCC1. The maximum absolute atomic E-state index is 13.1. The molecule has 1 aliphatic rings. The molecule has 154 valence electrons. The maximum Gasteiger partial charge on any atom is 0.244 e. The zero-order valence-corrected chi connectivity index (χ0v) is 18.5. The number of hydrogen-bond acceptors (Lipinski definition) is 5. The van der Waals surface area contributed by atoms with Crippen molar-refractivity contribution in [1.29, 1.82) is 0 Å². The van der Waals surface area contributed by atoms with Crippen molar-refractivity contribution in [2.45, 2.75) is 50.5 Å². The van der Waals surface area contributed by atoms with Crippen LogP contribution < -0.4 is 9.46 Å². The number of rotatable bonds is 7. The number of aryl methyl sites for hydroxylation is 2. The Morgan fingerprint density at radius 1 is 1.14 bits per heavy atom. The van der Waals surface area contributed by atoms with Gasteiger partial charge >= 0.3 is 0 Å². The predicted molar refractivity (Wildman–Crippen MR) is 115 cm³/mol. The topological polar surface area (TPSA) is 58.6 Å². The number of thiophene rings is 1. The van der Waals surface area contributed by atoms with E-state index in [0.29, 0.717) is 12.3 Å². The third-order valence-corrected chi connectivity index (χ3v) is 7.69. The Hall–Kier alpha value is -1.41. The molecule has 0 bridgehead atoms. The van der Waals surface area contributed by atoms with E-state index in [-0.39, 0.29) is 10.9 Å². The number of nitrogens with zero attached hydrogens (tertiary/aromatic N) is 1. The molecule has 1 aromatic heterocycles. The summed E-state index contributed by atoms with van der Waals surface area (Å²) in [5.74, 6) is 0.387. The lowest BCUT2D eigenvalue weighted by molar-refractivity contribution is 0.206. The van der Waals surface area contributed by atoms with Crippen LogP contribution in [-0.4, -0.2) is 40.1 Å². The molecule has 1 aromatic carbocycles. The summed E-state index contributed by atoms with van der Waals surface area (Å²) in [7, 11) is -2.17. The Bertz CT molecular complexity index is 871. The normalized spacial score (nSPS) is 17.2. The summed E-state index contributed by atoms with van der Waals surface area (Å²) in [6, 6.07) is 5.64. The van der Waals surface area contributed by atoms with Crippen molar-refractivity contribution in [2.75, 3.05) is 26.7 Å². The summed E-state index contributed by atoms with van der Waals surface area (Å²) >= 11 is 1.65. The molecule has 1 N–H and O–H groups in total. The van der Waals surface area contributed by atoms with Crippen LogP contribution in [0.2, 0.25) is 0 Å². The second-order valence-electron chi connectivity index (χ2n) is 7.46. The lowest BCUT2D eigenvalue weighted by atomic mass is 10.1. The fraction of sp³-hybridized carbons (Fsp3) is 0.524. The second-order valence-corrected chi connectivity index (χ2v) is 9.98. The Balaban J connectivity index is 1.83. The molecule has 0 radical (unpaired) electrons. The molecule has 0 saturated carbocycles. The first-order valence-electron chi connectivity index (χ1n) is 9.83. The van der Waals surface area contributed by atoms with Crippen molar-refractivity contribution >= 4 is 21.4 Å². The zero-order chi connectivity index (χ0) is 20.1. The van der Waals surface area contributed by atoms with Crippen LogP contribution in [-0.2, 0) is 10.0 Å². The van der Waals surface area contributed by atoms with Gasteiger partial charge in [0.25, 0.3) is 0 Å². The summed E-state index contributed by atoms with van der Waals surface area (Å²) in [4.78, 5) is 2.63. The highest BCUT2D eigenvalue weighted by atomic mass is 32.2. The van der Waals surface area contributed by atoms with E-state index in [0.717, 1.165) is 24.2 Å². The van der Waals surface area contributed by atoms with Crippen LogP contribution in [0.5, 0.6) is 5.75 Å². The largest absolute Gasteiger partial charge is 0.495 e. The van der Waals surface area contributed by atoms with E-state index in [1.807, 2.05) is 13.8 Å². The second kappa shape index (κ2) is 9.39. The molecule has 5 nitrogen and oxygen atoms in total. The molecule has 7 heteroatoms. The predicted octanol–water partition coefficient (Wildman–Crippen LogP) is 4.27. The number of ether oxygens (including phenoxy) is 1. The van der Waals surface area contributed by atoms with Gasteiger partial charge in [-0.25, -0.2) is 13.1 Å². The number of nitrogens with one attached hydrogen (secondary N) is 1. The van der Waals surface area contributed by atoms with E-state index in [2.05, 4.69) is 26.4 Å². The van der Waals surface area contributed by atoms with Crippen LogP contribution in [0.15, 0.2) is 33.9 Å². The molecule has 0 spiro atoms. The number of benzene rings is 1. The van der Waals surface area contributed by atoms with Crippen molar-refractivity contribution in [2.24, 2.45) is 0 Å². The number of likely N-dealkylation sites (tertiary alicyclic amines) is 1. The third kappa shape index (κ3) is 4.95. The first-order valence-corrected chi connectivity index (χ1v) is 12.3. The fourth-order valence-corrected chi connectivity index (χ4v) is 5.71. The summed E-state index contributed by atoms with van der Waals surface area (Å²) in [5, 5.41) is 4.18. The summed E-state index contributed by atoms with van der Waals surface area (Å²) in [6.07, 6.45) is 4.83. The first-order chi connectivity index (χ1) is 13.4. The van der Waals surface area contributed by atoms with Crippen LogP contribution in [0.4, 0.5) is 0 Å². The van der Waals surface area contributed by atoms with E-state index in [1.54, 1.807) is 23.5 Å². The van der Waals surface area contributed by atoms with E-state index in [1.165, 1.54) is 38.4 Å². The van der Waals surface area contributed by atoms with Gasteiger partial charge in [-0.15, -0.1) is 0 Å². The highest BCUT2D eigenvalue weighted by Gasteiger charge is 2.26. The molecular weight excluding hydrogens is 392 g/mol. The van der Waals surface area contributed by atoms with Gasteiger partial charge in [-0.2, -0.15) is 11.3 Å². The summed E-state index contributed by atoms with van der Waals surface area (Å²) in [5.41, 5.74) is 3.13. The van der Waals surface area contributed by atoms with Crippen LogP contribution in [0.3, 0.4) is 0 Å². The van der Waals surface area contributed by atoms with E-state index >= 15 is 0 Å². The van der Waals surface area contributed by atoms with Gasteiger partial charge in [0.15, 0.2) is 0 Å². The highest BCUT2D eigenvalue weighted by Crippen LogP contribution is 2.29. The molecule has 3 rings (SSSR count). The van der Waals surface area contributed by atoms with Crippen LogP contribution in [0.1, 0.15) is 48.4 Å². The number of methoxy groups -OCH3 is 1. The Kier molecular flexibility index (Phi) is 7.15. The minimum absolute atomic E-state index is 0.0525. The molecule has 2 aromatic rings.